The SMILES string of the molecule is COc1ccc(/C=C2\CCCCc3c(OC(=O)N[C@@H](C)c4ccccc4)nn(-c4ccc(Cl)cc4Cl)c32)cc1. The van der Waals surface area contributed by atoms with E-state index >= 15 is 0 Å². The summed E-state index contributed by atoms with van der Waals surface area (Å²) >= 11 is 12.8. The van der Waals surface area contributed by atoms with Crippen LogP contribution >= 0.6 is 23.2 Å². The molecule has 4 aromatic rings. The maximum Gasteiger partial charge on any atom is 0.414 e. The van der Waals surface area contributed by atoms with Crippen molar-refractivity contribution in [3.63, 3.8) is 0 Å². The highest BCUT2D eigenvalue weighted by Gasteiger charge is 2.27. The van der Waals surface area contributed by atoms with Gasteiger partial charge in [-0.05, 0) is 85.7 Å². The first-order valence-corrected chi connectivity index (χ1v) is 13.6. The smallest absolute Gasteiger partial charge is 0.414 e. The lowest BCUT2D eigenvalue weighted by atomic mass is 10.0. The van der Waals surface area contributed by atoms with Crippen LogP contribution in [0.15, 0.2) is 72.8 Å². The highest BCUT2D eigenvalue weighted by molar-refractivity contribution is 6.35. The molecule has 1 N–H and O–H groups in total. The van der Waals surface area contributed by atoms with Gasteiger partial charge in [-0.2, -0.15) is 0 Å². The number of amides is 1. The number of halogens is 2. The van der Waals surface area contributed by atoms with E-state index in [4.69, 9.17) is 37.8 Å². The Hall–Kier alpha value is -3.74. The van der Waals surface area contributed by atoms with Crippen molar-refractivity contribution in [1.82, 2.24) is 15.1 Å². The van der Waals surface area contributed by atoms with Gasteiger partial charge in [0, 0.05) is 10.6 Å². The first-order chi connectivity index (χ1) is 18.9. The molecule has 5 rings (SSSR count). The summed E-state index contributed by atoms with van der Waals surface area (Å²) in [7, 11) is 1.65. The zero-order chi connectivity index (χ0) is 27.4. The van der Waals surface area contributed by atoms with E-state index in [9.17, 15) is 4.79 Å². The summed E-state index contributed by atoms with van der Waals surface area (Å²) in [6.45, 7) is 1.92. The van der Waals surface area contributed by atoms with Gasteiger partial charge in [0.25, 0.3) is 0 Å². The van der Waals surface area contributed by atoms with Crippen molar-refractivity contribution in [3.05, 3.63) is 105 Å². The van der Waals surface area contributed by atoms with E-state index in [0.717, 1.165) is 59.4 Å². The zero-order valence-electron chi connectivity index (χ0n) is 21.8. The number of aromatic nitrogens is 2. The summed E-state index contributed by atoms with van der Waals surface area (Å²) in [5.74, 6) is 1.07. The van der Waals surface area contributed by atoms with Crippen molar-refractivity contribution in [2.45, 2.75) is 38.6 Å². The number of carbonyl (C=O) groups excluding carboxylic acids is 1. The third-order valence-corrected chi connectivity index (χ3v) is 7.33. The Kier molecular flexibility index (Phi) is 8.24. The van der Waals surface area contributed by atoms with E-state index in [1.54, 1.807) is 23.9 Å². The van der Waals surface area contributed by atoms with Gasteiger partial charge < -0.3 is 14.8 Å². The monoisotopic (exact) mass is 561 g/mol. The number of ether oxygens (including phenoxy) is 2. The molecule has 0 aliphatic heterocycles. The average molecular weight is 562 g/mol. The molecule has 1 aromatic heterocycles. The lowest BCUT2D eigenvalue weighted by Crippen LogP contribution is -2.29. The maximum absolute atomic E-state index is 13.0. The second-order valence-corrected chi connectivity index (χ2v) is 10.3. The van der Waals surface area contributed by atoms with Gasteiger partial charge in [0.2, 0.25) is 5.88 Å². The molecule has 0 radical (unpaired) electrons. The number of methoxy groups -OCH3 is 1. The number of fused-ring (bicyclic) bond motifs is 1. The summed E-state index contributed by atoms with van der Waals surface area (Å²) in [5.41, 5.74) is 5.51. The predicted molar refractivity (Wildman–Crippen MR) is 156 cm³/mol. The molecule has 1 atom stereocenters. The molecular formula is C31H29Cl2N3O3. The first kappa shape index (κ1) is 26.9. The zero-order valence-corrected chi connectivity index (χ0v) is 23.3. The Labute approximate surface area is 238 Å². The third kappa shape index (κ3) is 6.13. The van der Waals surface area contributed by atoms with Crippen LogP contribution in [0.25, 0.3) is 17.3 Å². The van der Waals surface area contributed by atoms with Crippen LogP contribution in [0.2, 0.25) is 10.0 Å². The van der Waals surface area contributed by atoms with Crippen molar-refractivity contribution < 1.29 is 14.3 Å². The fraction of sp³-hybridized carbons (Fsp3) is 0.226. The highest BCUT2D eigenvalue weighted by Crippen LogP contribution is 2.39. The van der Waals surface area contributed by atoms with Gasteiger partial charge >= 0.3 is 6.09 Å². The van der Waals surface area contributed by atoms with Crippen molar-refractivity contribution in [2.75, 3.05) is 7.11 Å². The van der Waals surface area contributed by atoms with Gasteiger partial charge in [0.1, 0.15) is 5.75 Å². The Morgan fingerprint density at radius 2 is 1.77 bits per heavy atom. The molecule has 3 aromatic carbocycles. The van der Waals surface area contributed by atoms with E-state index in [-0.39, 0.29) is 11.9 Å². The van der Waals surface area contributed by atoms with Gasteiger partial charge in [0.15, 0.2) is 0 Å². The Bertz CT molecular complexity index is 1500. The van der Waals surface area contributed by atoms with Gasteiger partial charge in [-0.1, -0.05) is 65.7 Å². The molecule has 1 aliphatic carbocycles. The average Bonchev–Trinajstić information content (AvgIpc) is 3.14. The summed E-state index contributed by atoms with van der Waals surface area (Å²) < 4.78 is 13.0. The molecule has 200 valence electrons. The maximum atomic E-state index is 13.0. The first-order valence-electron chi connectivity index (χ1n) is 12.9. The normalized spacial score (nSPS) is 14.8. The summed E-state index contributed by atoms with van der Waals surface area (Å²) in [4.78, 5) is 13.0. The van der Waals surface area contributed by atoms with Crippen LogP contribution in [-0.2, 0) is 6.42 Å². The summed E-state index contributed by atoms with van der Waals surface area (Å²) in [6.07, 6.45) is 5.06. The number of rotatable bonds is 6. The van der Waals surface area contributed by atoms with E-state index < -0.39 is 6.09 Å². The lowest BCUT2D eigenvalue weighted by Gasteiger charge is -2.13. The van der Waals surface area contributed by atoms with Gasteiger partial charge in [0.05, 0.1) is 29.6 Å². The minimum Gasteiger partial charge on any atom is -0.497 e. The second-order valence-electron chi connectivity index (χ2n) is 9.46. The van der Waals surface area contributed by atoms with Gasteiger partial charge in [-0.25, -0.2) is 9.48 Å². The standard InChI is InChI=1S/C31H29Cl2N3O3/c1-20(22-8-4-3-5-9-22)34-31(37)39-30-26-11-7-6-10-23(18-21-12-15-25(38-2)16-13-21)29(26)36(35-30)28-17-14-24(32)19-27(28)33/h3-5,8-9,12-20H,6-7,10-11H2,1-2H3,(H,34,37)/b23-18+/t20-/m0/s1. The molecule has 1 heterocycles. The van der Waals surface area contributed by atoms with Crippen LogP contribution in [0.3, 0.4) is 0 Å². The molecule has 8 heteroatoms. The molecule has 0 fully saturated rings. The van der Waals surface area contributed by atoms with Crippen molar-refractivity contribution >= 4 is 40.9 Å². The van der Waals surface area contributed by atoms with E-state index in [2.05, 4.69) is 11.4 Å². The fourth-order valence-electron chi connectivity index (χ4n) is 4.79. The van der Waals surface area contributed by atoms with E-state index in [1.165, 1.54) is 0 Å². The van der Waals surface area contributed by atoms with Crippen LogP contribution in [0.4, 0.5) is 4.79 Å². The molecule has 6 nitrogen and oxygen atoms in total. The summed E-state index contributed by atoms with van der Waals surface area (Å²) in [6, 6.07) is 22.7. The largest absolute Gasteiger partial charge is 0.497 e. The Morgan fingerprint density at radius 3 is 2.49 bits per heavy atom. The van der Waals surface area contributed by atoms with Crippen LogP contribution in [0.5, 0.6) is 11.6 Å². The Balaban J connectivity index is 1.56. The lowest BCUT2D eigenvalue weighted by molar-refractivity contribution is 0.194. The quantitative estimate of drug-likeness (QED) is 0.240. The number of benzene rings is 3. The number of carbonyl (C=O) groups is 1. The fourth-order valence-corrected chi connectivity index (χ4v) is 5.28. The highest BCUT2D eigenvalue weighted by atomic mass is 35.5. The predicted octanol–water partition coefficient (Wildman–Crippen LogP) is 8.30. The summed E-state index contributed by atoms with van der Waals surface area (Å²) in [5, 5.41) is 8.68. The van der Waals surface area contributed by atoms with Gasteiger partial charge in [-0.15, -0.1) is 5.10 Å². The molecule has 39 heavy (non-hydrogen) atoms. The topological polar surface area (TPSA) is 65.4 Å². The third-order valence-electron chi connectivity index (χ3n) is 6.79. The van der Waals surface area contributed by atoms with Crippen LogP contribution in [0, 0.1) is 0 Å². The number of nitrogens with zero attached hydrogens (tertiary/aromatic N) is 2. The van der Waals surface area contributed by atoms with Crippen LogP contribution in [-0.4, -0.2) is 23.0 Å². The number of hydrogen-bond donors (Lipinski definition) is 1. The number of nitrogens with one attached hydrogen (secondary N) is 1. The van der Waals surface area contributed by atoms with E-state index in [0.29, 0.717) is 15.7 Å². The molecule has 0 unspecified atom stereocenters. The van der Waals surface area contributed by atoms with Crippen molar-refractivity contribution in [1.29, 1.82) is 0 Å². The minimum absolute atomic E-state index is 0.226. The van der Waals surface area contributed by atoms with E-state index in [1.807, 2.05) is 67.6 Å². The van der Waals surface area contributed by atoms with Crippen molar-refractivity contribution in [2.24, 2.45) is 0 Å². The number of allylic oxidation sites excluding steroid dienone is 1. The molecular weight excluding hydrogens is 533 g/mol. The van der Waals surface area contributed by atoms with Crippen LogP contribution in [0.1, 0.15) is 54.6 Å². The second kappa shape index (κ2) is 12.0. The Morgan fingerprint density at radius 1 is 1.03 bits per heavy atom. The van der Waals surface area contributed by atoms with Crippen LogP contribution < -0.4 is 14.8 Å². The molecule has 0 bridgehead atoms. The van der Waals surface area contributed by atoms with Crippen molar-refractivity contribution in [3.8, 4) is 17.3 Å². The molecule has 0 saturated heterocycles. The van der Waals surface area contributed by atoms with Gasteiger partial charge in [-0.3, -0.25) is 0 Å². The molecule has 1 amide bonds. The molecule has 1 aliphatic rings. The molecule has 0 spiro atoms. The minimum atomic E-state index is -0.564. The number of hydrogen-bond acceptors (Lipinski definition) is 4. The molecule has 0 saturated carbocycles.